The maximum atomic E-state index is 5.42. The summed E-state index contributed by atoms with van der Waals surface area (Å²) in [7, 11) is 1.68. The summed E-state index contributed by atoms with van der Waals surface area (Å²) < 4.78 is 11.6. The van der Waals surface area contributed by atoms with E-state index in [1.54, 1.807) is 7.11 Å². The molecule has 2 nitrogen and oxygen atoms in total. The number of rotatable bonds is 5. The average molecular weight is 292 g/mol. The van der Waals surface area contributed by atoms with Crippen LogP contribution in [-0.2, 0) is 11.3 Å². The molecule has 1 rings (SSSR count). The summed E-state index contributed by atoms with van der Waals surface area (Å²) in [5, 5.41) is 0. The van der Waals surface area contributed by atoms with E-state index in [0.29, 0.717) is 6.61 Å². The fourth-order valence-corrected chi connectivity index (χ4v) is 1.37. The zero-order valence-electron chi connectivity index (χ0n) is 7.63. The second-order valence-corrected chi connectivity index (χ2v) is 3.63. The summed E-state index contributed by atoms with van der Waals surface area (Å²) in [6, 6.07) is 7.92. The molecule has 1 aromatic carbocycles. The third kappa shape index (κ3) is 3.52. The van der Waals surface area contributed by atoms with Gasteiger partial charge in [-0.05, 0) is 6.07 Å². The lowest BCUT2D eigenvalue weighted by atomic mass is 10.2. The molecule has 1 aromatic rings. The molecule has 0 radical (unpaired) electrons. The Kier molecular flexibility index (Phi) is 5.15. The molecular formula is C10H13IO2. The van der Waals surface area contributed by atoms with Gasteiger partial charge in [0, 0.05) is 9.99 Å². The summed E-state index contributed by atoms with van der Waals surface area (Å²) in [5.41, 5.74) is 1.11. The molecule has 0 aliphatic heterocycles. The highest BCUT2D eigenvalue weighted by Crippen LogP contribution is 2.17. The molecule has 72 valence electrons. The Morgan fingerprint density at radius 1 is 1.31 bits per heavy atom. The standard InChI is InChI=1S/C10H13IO2/c1-12-10-5-3-2-4-9(10)8-13-7-6-11/h2-5H,6-8H2,1H3. The van der Waals surface area contributed by atoms with Crippen molar-refractivity contribution in [1.82, 2.24) is 0 Å². The summed E-state index contributed by atoms with van der Waals surface area (Å²) in [4.78, 5) is 0. The van der Waals surface area contributed by atoms with Crippen molar-refractivity contribution < 1.29 is 9.47 Å². The first-order valence-electron chi connectivity index (χ1n) is 4.14. The number of methoxy groups -OCH3 is 1. The van der Waals surface area contributed by atoms with E-state index in [9.17, 15) is 0 Å². The zero-order chi connectivity index (χ0) is 9.52. The molecule has 0 saturated carbocycles. The molecule has 0 N–H and O–H groups in total. The fraction of sp³-hybridized carbons (Fsp3) is 0.400. The molecule has 0 amide bonds. The summed E-state index contributed by atoms with van der Waals surface area (Å²) in [6.07, 6.45) is 0. The van der Waals surface area contributed by atoms with Crippen molar-refractivity contribution >= 4 is 22.6 Å². The molecule has 0 saturated heterocycles. The molecule has 0 spiro atoms. The lowest BCUT2D eigenvalue weighted by Crippen LogP contribution is -1.98. The third-order valence-corrected chi connectivity index (χ3v) is 2.11. The number of ether oxygens (including phenoxy) is 2. The molecule has 0 unspecified atom stereocenters. The normalized spacial score (nSPS) is 10.0. The van der Waals surface area contributed by atoms with Crippen LogP contribution in [0.2, 0.25) is 0 Å². The highest BCUT2D eigenvalue weighted by Gasteiger charge is 2.00. The first-order chi connectivity index (χ1) is 6.38. The quantitative estimate of drug-likeness (QED) is 0.472. The third-order valence-electron chi connectivity index (χ3n) is 1.67. The van der Waals surface area contributed by atoms with Crippen molar-refractivity contribution in [3.8, 4) is 5.75 Å². The Morgan fingerprint density at radius 2 is 2.08 bits per heavy atom. The molecule has 13 heavy (non-hydrogen) atoms. The van der Waals surface area contributed by atoms with Crippen LogP contribution >= 0.6 is 22.6 Å². The number of benzene rings is 1. The monoisotopic (exact) mass is 292 g/mol. The molecule has 0 atom stereocenters. The average Bonchev–Trinajstić information content (AvgIpc) is 2.19. The highest BCUT2D eigenvalue weighted by atomic mass is 127. The summed E-state index contributed by atoms with van der Waals surface area (Å²) in [6.45, 7) is 1.42. The molecule has 0 aliphatic carbocycles. The molecule has 0 aromatic heterocycles. The minimum absolute atomic E-state index is 0.632. The van der Waals surface area contributed by atoms with Gasteiger partial charge in [-0.25, -0.2) is 0 Å². The molecule has 0 heterocycles. The van der Waals surface area contributed by atoms with Gasteiger partial charge in [0.05, 0.1) is 20.3 Å². The maximum absolute atomic E-state index is 5.42. The summed E-state index contributed by atoms with van der Waals surface area (Å²) >= 11 is 2.29. The number of alkyl halides is 1. The van der Waals surface area contributed by atoms with Crippen LogP contribution in [0, 0.1) is 0 Å². The Balaban J connectivity index is 2.54. The minimum Gasteiger partial charge on any atom is -0.496 e. The van der Waals surface area contributed by atoms with Crippen molar-refractivity contribution in [2.24, 2.45) is 0 Å². The van der Waals surface area contributed by atoms with Crippen LogP contribution in [-0.4, -0.2) is 18.1 Å². The van der Waals surface area contributed by atoms with Crippen LogP contribution in [0.15, 0.2) is 24.3 Å². The first-order valence-corrected chi connectivity index (χ1v) is 5.66. The number of hydrogen-bond acceptors (Lipinski definition) is 2. The SMILES string of the molecule is COc1ccccc1COCCI. The van der Waals surface area contributed by atoms with Gasteiger partial charge in [-0.2, -0.15) is 0 Å². The predicted octanol–water partition coefficient (Wildman–Crippen LogP) is 2.65. The van der Waals surface area contributed by atoms with E-state index in [1.807, 2.05) is 24.3 Å². The van der Waals surface area contributed by atoms with Crippen LogP contribution in [0.5, 0.6) is 5.75 Å². The van der Waals surface area contributed by atoms with Gasteiger partial charge >= 0.3 is 0 Å². The number of halogens is 1. The fourth-order valence-electron chi connectivity index (χ4n) is 1.06. The van der Waals surface area contributed by atoms with Gasteiger partial charge in [-0.3, -0.25) is 0 Å². The van der Waals surface area contributed by atoms with Crippen molar-refractivity contribution in [2.45, 2.75) is 6.61 Å². The molecule has 0 fully saturated rings. The Labute approximate surface area is 92.4 Å². The molecule has 3 heteroatoms. The molecule has 0 bridgehead atoms. The smallest absolute Gasteiger partial charge is 0.124 e. The highest BCUT2D eigenvalue weighted by molar-refractivity contribution is 14.1. The van der Waals surface area contributed by atoms with Gasteiger partial charge in [-0.1, -0.05) is 40.8 Å². The van der Waals surface area contributed by atoms with Gasteiger partial charge < -0.3 is 9.47 Å². The van der Waals surface area contributed by atoms with Crippen molar-refractivity contribution in [3.63, 3.8) is 0 Å². The molecular weight excluding hydrogens is 279 g/mol. The van der Waals surface area contributed by atoms with Gasteiger partial charge in [0.2, 0.25) is 0 Å². The van der Waals surface area contributed by atoms with Gasteiger partial charge in [0.1, 0.15) is 5.75 Å². The second kappa shape index (κ2) is 6.21. The predicted molar refractivity (Wildman–Crippen MR) is 61.5 cm³/mol. The van der Waals surface area contributed by atoms with Crippen LogP contribution in [0.1, 0.15) is 5.56 Å². The largest absolute Gasteiger partial charge is 0.496 e. The van der Waals surface area contributed by atoms with Gasteiger partial charge in [-0.15, -0.1) is 0 Å². The lowest BCUT2D eigenvalue weighted by Gasteiger charge is -2.07. The van der Waals surface area contributed by atoms with Crippen LogP contribution in [0.4, 0.5) is 0 Å². The van der Waals surface area contributed by atoms with E-state index in [0.717, 1.165) is 22.3 Å². The maximum Gasteiger partial charge on any atom is 0.124 e. The van der Waals surface area contributed by atoms with Crippen LogP contribution in [0.3, 0.4) is 0 Å². The van der Waals surface area contributed by atoms with E-state index in [2.05, 4.69) is 22.6 Å². The Bertz CT molecular complexity index is 250. The van der Waals surface area contributed by atoms with Crippen LogP contribution in [0.25, 0.3) is 0 Å². The minimum atomic E-state index is 0.632. The Morgan fingerprint density at radius 3 is 2.77 bits per heavy atom. The van der Waals surface area contributed by atoms with E-state index in [1.165, 1.54) is 0 Å². The van der Waals surface area contributed by atoms with Crippen molar-refractivity contribution in [1.29, 1.82) is 0 Å². The topological polar surface area (TPSA) is 18.5 Å². The summed E-state index contributed by atoms with van der Waals surface area (Å²) in [5.74, 6) is 0.899. The second-order valence-electron chi connectivity index (χ2n) is 2.55. The van der Waals surface area contributed by atoms with Crippen molar-refractivity contribution in [3.05, 3.63) is 29.8 Å². The van der Waals surface area contributed by atoms with Crippen molar-refractivity contribution in [2.75, 3.05) is 18.1 Å². The molecule has 0 aliphatic rings. The zero-order valence-corrected chi connectivity index (χ0v) is 9.78. The number of hydrogen-bond donors (Lipinski definition) is 0. The van der Waals surface area contributed by atoms with E-state index in [-0.39, 0.29) is 0 Å². The van der Waals surface area contributed by atoms with E-state index in [4.69, 9.17) is 9.47 Å². The van der Waals surface area contributed by atoms with E-state index >= 15 is 0 Å². The number of para-hydroxylation sites is 1. The van der Waals surface area contributed by atoms with Gasteiger partial charge in [0.25, 0.3) is 0 Å². The first kappa shape index (κ1) is 10.8. The lowest BCUT2D eigenvalue weighted by molar-refractivity contribution is 0.136. The Hall–Kier alpha value is -0.290. The van der Waals surface area contributed by atoms with Crippen LogP contribution < -0.4 is 4.74 Å². The van der Waals surface area contributed by atoms with E-state index < -0.39 is 0 Å². The van der Waals surface area contributed by atoms with Gasteiger partial charge in [0.15, 0.2) is 0 Å².